The molecular formula is C9H20O3. The second kappa shape index (κ2) is 6.40. The van der Waals surface area contributed by atoms with Crippen LogP contribution in [0, 0.1) is 0 Å². The quantitative estimate of drug-likeness (QED) is 0.709. The SMILES string of the molecule is CC.CCC1(CCO)OCCO1. The number of ether oxygens (including phenoxy) is 2. The molecule has 0 spiro atoms. The van der Waals surface area contributed by atoms with E-state index >= 15 is 0 Å². The Balaban J connectivity index is 0.000000561. The molecule has 0 radical (unpaired) electrons. The smallest absolute Gasteiger partial charge is 0.170 e. The van der Waals surface area contributed by atoms with Crippen LogP contribution < -0.4 is 0 Å². The van der Waals surface area contributed by atoms with Crippen LogP contribution in [-0.4, -0.2) is 30.7 Å². The minimum absolute atomic E-state index is 0.133. The Morgan fingerprint density at radius 3 is 2.08 bits per heavy atom. The van der Waals surface area contributed by atoms with Gasteiger partial charge in [0.1, 0.15) is 0 Å². The van der Waals surface area contributed by atoms with Gasteiger partial charge >= 0.3 is 0 Å². The largest absolute Gasteiger partial charge is 0.396 e. The Hall–Kier alpha value is -0.120. The van der Waals surface area contributed by atoms with Gasteiger partial charge in [0.25, 0.3) is 0 Å². The van der Waals surface area contributed by atoms with Crippen LogP contribution in [0.25, 0.3) is 0 Å². The van der Waals surface area contributed by atoms with Gasteiger partial charge in [-0.2, -0.15) is 0 Å². The van der Waals surface area contributed by atoms with Crippen molar-refractivity contribution in [3.8, 4) is 0 Å². The van der Waals surface area contributed by atoms with Gasteiger partial charge in [-0.3, -0.25) is 0 Å². The van der Waals surface area contributed by atoms with Gasteiger partial charge in [0.2, 0.25) is 0 Å². The second-order valence-electron chi connectivity index (χ2n) is 2.43. The summed E-state index contributed by atoms with van der Waals surface area (Å²) in [7, 11) is 0. The molecule has 0 aromatic heterocycles. The van der Waals surface area contributed by atoms with Crippen LogP contribution in [0.3, 0.4) is 0 Å². The minimum Gasteiger partial charge on any atom is -0.396 e. The molecule has 0 atom stereocenters. The minimum atomic E-state index is -0.464. The van der Waals surface area contributed by atoms with Crippen LogP contribution in [0.15, 0.2) is 0 Å². The monoisotopic (exact) mass is 176 g/mol. The van der Waals surface area contributed by atoms with Crippen molar-refractivity contribution in [3.05, 3.63) is 0 Å². The summed E-state index contributed by atoms with van der Waals surface area (Å²) in [6.45, 7) is 7.45. The van der Waals surface area contributed by atoms with Gasteiger partial charge in [0.05, 0.1) is 13.2 Å². The molecular weight excluding hydrogens is 156 g/mol. The van der Waals surface area contributed by atoms with E-state index < -0.39 is 5.79 Å². The molecule has 1 fully saturated rings. The molecule has 0 saturated carbocycles. The van der Waals surface area contributed by atoms with Crippen molar-refractivity contribution in [2.45, 2.75) is 39.4 Å². The molecule has 3 nitrogen and oxygen atoms in total. The molecule has 0 aromatic carbocycles. The molecule has 74 valence electrons. The molecule has 0 aliphatic carbocycles. The first-order valence-corrected chi connectivity index (χ1v) is 4.72. The fourth-order valence-electron chi connectivity index (χ4n) is 1.19. The van der Waals surface area contributed by atoms with Gasteiger partial charge in [-0.15, -0.1) is 0 Å². The molecule has 0 bridgehead atoms. The number of hydrogen-bond acceptors (Lipinski definition) is 3. The van der Waals surface area contributed by atoms with E-state index in [2.05, 4.69) is 0 Å². The van der Waals surface area contributed by atoms with Crippen molar-refractivity contribution >= 4 is 0 Å². The summed E-state index contributed by atoms with van der Waals surface area (Å²) in [5.74, 6) is -0.464. The lowest BCUT2D eigenvalue weighted by atomic mass is 10.1. The Bertz CT molecular complexity index is 97.9. The van der Waals surface area contributed by atoms with E-state index in [1.165, 1.54) is 0 Å². The first-order valence-electron chi connectivity index (χ1n) is 4.72. The zero-order valence-electron chi connectivity index (χ0n) is 8.30. The Morgan fingerprint density at radius 2 is 1.75 bits per heavy atom. The van der Waals surface area contributed by atoms with E-state index in [4.69, 9.17) is 14.6 Å². The molecule has 1 aliphatic heterocycles. The van der Waals surface area contributed by atoms with Gasteiger partial charge in [-0.1, -0.05) is 20.8 Å². The van der Waals surface area contributed by atoms with E-state index in [-0.39, 0.29) is 6.61 Å². The third-order valence-electron chi connectivity index (χ3n) is 1.84. The predicted molar refractivity (Wildman–Crippen MR) is 48.0 cm³/mol. The van der Waals surface area contributed by atoms with Crippen molar-refractivity contribution in [2.24, 2.45) is 0 Å². The summed E-state index contributed by atoms with van der Waals surface area (Å²) in [4.78, 5) is 0. The molecule has 1 aliphatic rings. The number of rotatable bonds is 3. The highest BCUT2D eigenvalue weighted by atomic mass is 16.7. The highest BCUT2D eigenvalue weighted by Gasteiger charge is 2.33. The van der Waals surface area contributed by atoms with E-state index in [0.717, 1.165) is 6.42 Å². The molecule has 1 N–H and O–H groups in total. The third kappa shape index (κ3) is 3.09. The maximum Gasteiger partial charge on any atom is 0.170 e. The molecule has 0 aromatic rings. The van der Waals surface area contributed by atoms with Crippen LogP contribution in [0.5, 0.6) is 0 Å². The molecule has 1 rings (SSSR count). The molecule has 12 heavy (non-hydrogen) atoms. The van der Waals surface area contributed by atoms with Crippen LogP contribution >= 0.6 is 0 Å². The average Bonchev–Trinajstić information content (AvgIpc) is 2.58. The van der Waals surface area contributed by atoms with Gasteiger partial charge < -0.3 is 14.6 Å². The number of hydrogen-bond donors (Lipinski definition) is 1. The maximum atomic E-state index is 8.66. The summed E-state index contributed by atoms with van der Waals surface area (Å²) in [5.41, 5.74) is 0. The average molecular weight is 176 g/mol. The van der Waals surface area contributed by atoms with Gasteiger partial charge in [-0.25, -0.2) is 0 Å². The zero-order valence-corrected chi connectivity index (χ0v) is 8.30. The highest BCUT2D eigenvalue weighted by Crippen LogP contribution is 2.26. The maximum absolute atomic E-state index is 8.66. The predicted octanol–water partition coefficient (Wildman–Crippen LogP) is 1.55. The summed E-state index contributed by atoms with van der Waals surface area (Å²) >= 11 is 0. The van der Waals surface area contributed by atoms with Gasteiger partial charge in [0.15, 0.2) is 5.79 Å². The van der Waals surface area contributed by atoms with Crippen LogP contribution in [0.4, 0.5) is 0 Å². The number of aliphatic hydroxyl groups is 1. The molecule has 0 unspecified atom stereocenters. The van der Waals surface area contributed by atoms with E-state index in [9.17, 15) is 0 Å². The second-order valence-corrected chi connectivity index (χ2v) is 2.43. The standard InChI is InChI=1S/C7H14O3.C2H6/c1-2-7(3-4-8)9-5-6-10-7;1-2/h8H,2-6H2,1H3;1-2H3. The van der Waals surface area contributed by atoms with Crippen molar-refractivity contribution in [2.75, 3.05) is 19.8 Å². The van der Waals surface area contributed by atoms with Crippen molar-refractivity contribution in [1.82, 2.24) is 0 Å². The fraction of sp³-hybridized carbons (Fsp3) is 1.00. The van der Waals surface area contributed by atoms with E-state index in [1.54, 1.807) is 0 Å². The third-order valence-corrected chi connectivity index (χ3v) is 1.84. The zero-order chi connectivity index (χ0) is 9.45. The highest BCUT2D eigenvalue weighted by molar-refractivity contribution is 4.71. The van der Waals surface area contributed by atoms with Crippen LogP contribution in [0.2, 0.25) is 0 Å². The Kier molecular flexibility index (Phi) is 6.34. The van der Waals surface area contributed by atoms with Gasteiger partial charge in [-0.05, 0) is 6.42 Å². The summed E-state index contributed by atoms with van der Waals surface area (Å²) < 4.78 is 10.7. The van der Waals surface area contributed by atoms with Gasteiger partial charge in [0, 0.05) is 13.0 Å². The number of aliphatic hydroxyl groups excluding tert-OH is 1. The van der Waals surface area contributed by atoms with Crippen molar-refractivity contribution in [1.29, 1.82) is 0 Å². The van der Waals surface area contributed by atoms with E-state index in [1.807, 2.05) is 20.8 Å². The molecule has 3 heteroatoms. The lowest BCUT2D eigenvalue weighted by Crippen LogP contribution is -2.30. The Labute approximate surface area is 74.7 Å². The van der Waals surface area contributed by atoms with Crippen molar-refractivity contribution in [3.63, 3.8) is 0 Å². The summed E-state index contributed by atoms with van der Waals surface area (Å²) in [6, 6.07) is 0. The fourth-order valence-corrected chi connectivity index (χ4v) is 1.19. The normalized spacial score (nSPS) is 20.0. The lowest BCUT2D eigenvalue weighted by Gasteiger charge is -2.24. The Morgan fingerprint density at radius 1 is 1.25 bits per heavy atom. The first-order chi connectivity index (χ1) is 5.83. The van der Waals surface area contributed by atoms with E-state index in [0.29, 0.717) is 19.6 Å². The lowest BCUT2D eigenvalue weighted by molar-refractivity contribution is -0.168. The molecule has 1 heterocycles. The summed E-state index contributed by atoms with van der Waals surface area (Å²) in [5, 5.41) is 8.66. The van der Waals surface area contributed by atoms with Crippen LogP contribution in [0.1, 0.15) is 33.6 Å². The van der Waals surface area contributed by atoms with Crippen LogP contribution in [-0.2, 0) is 9.47 Å². The molecule has 0 amide bonds. The van der Waals surface area contributed by atoms with Crippen molar-refractivity contribution < 1.29 is 14.6 Å². The first kappa shape index (κ1) is 11.9. The topological polar surface area (TPSA) is 38.7 Å². The summed E-state index contributed by atoms with van der Waals surface area (Å²) in [6.07, 6.45) is 1.40. The molecule has 1 saturated heterocycles.